The predicted molar refractivity (Wildman–Crippen MR) is 72.7 cm³/mol. The van der Waals surface area contributed by atoms with Gasteiger partial charge in [0.25, 0.3) is 5.91 Å². The van der Waals surface area contributed by atoms with Gasteiger partial charge >= 0.3 is 0 Å². The molecule has 0 fully saturated rings. The number of nitrogens with zero attached hydrogens (tertiary/aromatic N) is 1. The van der Waals surface area contributed by atoms with Gasteiger partial charge in [0.05, 0.1) is 11.7 Å². The Labute approximate surface area is 119 Å². The first-order chi connectivity index (χ1) is 9.63. The highest BCUT2D eigenvalue weighted by Crippen LogP contribution is 2.18. The number of hydrogen-bond donors (Lipinski definition) is 2. The van der Waals surface area contributed by atoms with Crippen LogP contribution in [0.25, 0.3) is 0 Å². The van der Waals surface area contributed by atoms with Gasteiger partial charge < -0.3 is 10.4 Å². The van der Waals surface area contributed by atoms with Gasteiger partial charge in [-0.2, -0.15) is 5.26 Å². The van der Waals surface area contributed by atoms with Crippen LogP contribution >= 0.6 is 11.3 Å². The number of nitriles is 1. The molecule has 0 radical (unpaired) electrons. The lowest BCUT2D eigenvalue weighted by atomic mass is 10.1. The lowest BCUT2D eigenvalue weighted by Crippen LogP contribution is -2.28. The zero-order chi connectivity index (χ0) is 14.5. The standard InChI is InChI=1S/C14H11FN2O2S/c15-11-4-2-1-3-10(11)12(18)8-17-14(19)13-9(7-16)5-6-20-13/h1-6,12,18H,8H2,(H,17,19). The number of amides is 1. The van der Waals surface area contributed by atoms with Crippen molar-refractivity contribution in [3.8, 4) is 6.07 Å². The first-order valence-electron chi connectivity index (χ1n) is 5.81. The maximum Gasteiger partial charge on any atom is 0.262 e. The Balaban J connectivity index is 2.01. The molecule has 1 heterocycles. The number of thiophene rings is 1. The Morgan fingerprint density at radius 1 is 1.45 bits per heavy atom. The Bertz CT molecular complexity index is 663. The van der Waals surface area contributed by atoms with E-state index in [2.05, 4.69) is 5.32 Å². The molecule has 6 heteroatoms. The van der Waals surface area contributed by atoms with E-state index in [0.717, 1.165) is 11.3 Å². The van der Waals surface area contributed by atoms with Crippen molar-refractivity contribution in [1.82, 2.24) is 5.32 Å². The van der Waals surface area contributed by atoms with E-state index in [0.29, 0.717) is 0 Å². The number of benzene rings is 1. The monoisotopic (exact) mass is 290 g/mol. The van der Waals surface area contributed by atoms with Gasteiger partial charge in [-0.05, 0) is 17.5 Å². The first-order valence-corrected chi connectivity index (χ1v) is 6.69. The normalized spacial score (nSPS) is 11.7. The largest absolute Gasteiger partial charge is 0.386 e. The molecule has 0 saturated heterocycles. The number of hydrogen-bond acceptors (Lipinski definition) is 4. The van der Waals surface area contributed by atoms with Crippen molar-refractivity contribution in [2.45, 2.75) is 6.10 Å². The average molecular weight is 290 g/mol. The molecular weight excluding hydrogens is 279 g/mol. The zero-order valence-electron chi connectivity index (χ0n) is 10.3. The van der Waals surface area contributed by atoms with Crippen LogP contribution in [-0.4, -0.2) is 17.6 Å². The molecule has 0 aliphatic rings. The highest BCUT2D eigenvalue weighted by Gasteiger charge is 2.16. The van der Waals surface area contributed by atoms with Crippen LogP contribution in [-0.2, 0) is 0 Å². The molecule has 2 N–H and O–H groups in total. The second kappa shape index (κ2) is 6.28. The molecule has 20 heavy (non-hydrogen) atoms. The van der Waals surface area contributed by atoms with Crippen molar-refractivity contribution in [2.75, 3.05) is 6.54 Å². The molecule has 2 rings (SSSR count). The van der Waals surface area contributed by atoms with Crippen molar-refractivity contribution >= 4 is 17.2 Å². The van der Waals surface area contributed by atoms with Crippen LogP contribution in [0.1, 0.15) is 26.9 Å². The van der Waals surface area contributed by atoms with Crippen molar-refractivity contribution in [2.24, 2.45) is 0 Å². The van der Waals surface area contributed by atoms with Gasteiger partial charge in [-0.15, -0.1) is 11.3 Å². The van der Waals surface area contributed by atoms with Gasteiger partial charge in [-0.1, -0.05) is 18.2 Å². The fourth-order valence-corrected chi connectivity index (χ4v) is 2.46. The third-order valence-corrected chi connectivity index (χ3v) is 3.63. The molecule has 1 atom stereocenters. The molecule has 0 saturated carbocycles. The smallest absolute Gasteiger partial charge is 0.262 e. The molecule has 1 amide bonds. The Morgan fingerprint density at radius 2 is 2.20 bits per heavy atom. The quantitative estimate of drug-likeness (QED) is 0.906. The van der Waals surface area contributed by atoms with E-state index < -0.39 is 17.8 Å². The van der Waals surface area contributed by atoms with Gasteiger partial charge in [0.1, 0.15) is 16.8 Å². The van der Waals surface area contributed by atoms with Crippen LogP contribution in [0, 0.1) is 17.1 Å². The van der Waals surface area contributed by atoms with Crippen LogP contribution in [0.5, 0.6) is 0 Å². The molecule has 0 spiro atoms. The number of carbonyl (C=O) groups is 1. The number of rotatable bonds is 4. The fraction of sp³-hybridized carbons (Fsp3) is 0.143. The van der Waals surface area contributed by atoms with E-state index in [4.69, 9.17) is 5.26 Å². The summed E-state index contributed by atoms with van der Waals surface area (Å²) >= 11 is 1.14. The number of nitrogens with one attached hydrogen (secondary N) is 1. The summed E-state index contributed by atoms with van der Waals surface area (Å²) in [6.45, 7) is -0.122. The van der Waals surface area contributed by atoms with E-state index in [1.807, 2.05) is 6.07 Å². The summed E-state index contributed by atoms with van der Waals surface area (Å²) < 4.78 is 13.4. The number of carbonyl (C=O) groups excluding carboxylic acids is 1. The molecule has 1 unspecified atom stereocenters. The number of aliphatic hydroxyl groups excluding tert-OH is 1. The summed E-state index contributed by atoms with van der Waals surface area (Å²) in [5, 5.41) is 22.8. The molecule has 0 aliphatic carbocycles. The molecule has 4 nitrogen and oxygen atoms in total. The average Bonchev–Trinajstić information content (AvgIpc) is 2.93. The first kappa shape index (κ1) is 14.2. The Hall–Kier alpha value is -2.23. The minimum atomic E-state index is -1.13. The topological polar surface area (TPSA) is 73.1 Å². The summed E-state index contributed by atoms with van der Waals surface area (Å²) in [7, 11) is 0. The van der Waals surface area contributed by atoms with E-state index >= 15 is 0 Å². The predicted octanol–water partition coefficient (Wildman–Crippen LogP) is 2.22. The van der Waals surface area contributed by atoms with Crippen LogP contribution in [0.2, 0.25) is 0 Å². The van der Waals surface area contributed by atoms with Crippen molar-refractivity contribution in [1.29, 1.82) is 5.26 Å². The van der Waals surface area contributed by atoms with Crippen LogP contribution in [0.15, 0.2) is 35.7 Å². The fourth-order valence-electron chi connectivity index (χ4n) is 1.70. The van der Waals surface area contributed by atoms with Gasteiger partial charge in [-0.25, -0.2) is 4.39 Å². The molecule has 0 bridgehead atoms. The molecule has 1 aromatic heterocycles. The van der Waals surface area contributed by atoms with E-state index in [1.165, 1.54) is 18.2 Å². The summed E-state index contributed by atoms with van der Waals surface area (Å²) in [6, 6.07) is 9.29. The van der Waals surface area contributed by atoms with Gasteiger partial charge in [0.2, 0.25) is 0 Å². The lowest BCUT2D eigenvalue weighted by molar-refractivity contribution is 0.0918. The maximum atomic E-state index is 13.4. The van der Waals surface area contributed by atoms with E-state index in [9.17, 15) is 14.3 Å². The Kier molecular flexibility index (Phi) is 4.45. The molecule has 1 aromatic carbocycles. The lowest BCUT2D eigenvalue weighted by Gasteiger charge is -2.12. The number of aliphatic hydroxyl groups is 1. The molecule has 0 aliphatic heterocycles. The van der Waals surface area contributed by atoms with Crippen LogP contribution in [0.4, 0.5) is 4.39 Å². The molecule has 2 aromatic rings. The van der Waals surface area contributed by atoms with Crippen molar-refractivity contribution in [3.05, 3.63) is 57.5 Å². The third kappa shape index (κ3) is 3.02. The summed E-state index contributed by atoms with van der Waals surface area (Å²) in [4.78, 5) is 12.1. The second-order valence-electron chi connectivity index (χ2n) is 4.02. The van der Waals surface area contributed by atoms with Crippen LogP contribution < -0.4 is 5.32 Å². The molecular formula is C14H11FN2O2S. The minimum Gasteiger partial charge on any atom is -0.386 e. The van der Waals surface area contributed by atoms with E-state index in [-0.39, 0.29) is 22.5 Å². The van der Waals surface area contributed by atoms with Gasteiger partial charge in [0, 0.05) is 12.1 Å². The molecule has 102 valence electrons. The highest BCUT2D eigenvalue weighted by molar-refractivity contribution is 7.12. The Morgan fingerprint density at radius 3 is 2.90 bits per heavy atom. The van der Waals surface area contributed by atoms with Crippen molar-refractivity contribution < 1.29 is 14.3 Å². The maximum absolute atomic E-state index is 13.4. The minimum absolute atomic E-state index is 0.122. The van der Waals surface area contributed by atoms with Crippen molar-refractivity contribution in [3.63, 3.8) is 0 Å². The summed E-state index contributed by atoms with van der Waals surface area (Å²) in [6.07, 6.45) is -1.13. The summed E-state index contributed by atoms with van der Waals surface area (Å²) in [5.74, 6) is -0.977. The van der Waals surface area contributed by atoms with Gasteiger partial charge in [0.15, 0.2) is 0 Å². The van der Waals surface area contributed by atoms with Gasteiger partial charge in [-0.3, -0.25) is 4.79 Å². The third-order valence-electron chi connectivity index (χ3n) is 2.71. The zero-order valence-corrected chi connectivity index (χ0v) is 11.2. The van der Waals surface area contributed by atoms with E-state index in [1.54, 1.807) is 17.5 Å². The highest BCUT2D eigenvalue weighted by atomic mass is 32.1. The summed E-state index contributed by atoms with van der Waals surface area (Å²) in [5.41, 5.74) is 0.410. The second-order valence-corrected chi connectivity index (χ2v) is 4.94. The number of halogens is 1. The SMILES string of the molecule is N#Cc1ccsc1C(=O)NCC(O)c1ccccc1F. The van der Waals surface area contributed by atoms with Crippen LogP contribution in [0.3, 0.4) is 0 Å².